The predicted molar refractivity (Wildman–Crippen MR) is 303 cm³/mol. The van der Waals surface area contributed by atoms with E-state index in [0.717, 1.165) is 28.5 Å². The molecule has 3 aliphatic heterocycles. The fourth-order valence-electron chi connectivity index (χ4n) is 11.6. The highest BCUT2D eigenvalue weighted by molar-refractivity contribution is 6.04. The van der Waals surface area contributed by atoms with Gasteiger partial charge in [-0.15, -0.1) is 0 Å². The van der Waals surface area contributed by atoms with Gasteiger partial charge >= 0.3 is 5.97 Å². The van der Waals surface area contributed by atoms with E-state index in [1.165, 1.54) is 15.5 Å². The minimum absolute atomic E-state index is 0.0240. The summed E-state index contributed by atoms with van der Waals surface area (Å²) in [6, 6.07) is 10.7. The first-order chi connectivity index (χ1) is 39.6. The molecule has 7 N–H and O–H groups in total. The number of hydrogen-bond donors (Lipinski definition) is 7. The van der Waals surface area contributed by atoms with Gasteiger partial charge in [0.2, 0.25) is 47.3 Å². The standard InChI is InChI=1S/C61H76FN9O12/c1-6-60(4,5)41-28-52(77)70(58(41)80)26-16-10-14-19-47(72)64-30-50(75)65-32-51(76)68-44(23-21-36-17-11-8-12-18-36)56(78)66-31-49(74)63-25-15-9-13-20-48(73)67-43-24-22-37-35(3)42(62)29-45-53(37)54(43)38-33-71-46(55(38)69-45)27-40-39(57(71)79)34-83-59(81)61(40,82)7-2/h8,11-12,17-18,27,29,41,43-44,82H,6-7,9-10,13-16,19-26,28,30-34H2,1-5H3,(H,63,74)(H,64,72)(H,65,75)(H,66,78)(H,67,73)(H,68,76)/t41?,43-,44-,61-/m0/s1. The van der Waals surface area contributed by atoms with Crippen LogP contribution in [-0.2, 0) is 79.5 Å². The Morgan fingerprint density at radius 3 is 2.25 bits per heavy atom. The molecule has 1 saturated heterocycles. The van der Waals surface area contributed by atoms with Crippen LogP contribution in [0.1, 0.15) is 156 Å². The van der Waals surface area contributed by atoms with Gasteiger partial charge in [-0.3, -0.25) is 48.1 Å². The van der Waals surface area contributed by atoms with Crippen LogP contribution < -0.4 is 37.5 Å². The zero-order chi connectivity index (χ0) is 59.8. The highest BCUT2D eigenvalue weighted by atomic mass is 19.1. The number of carbonyl (C=O) groups is 9. The molecule has 21 nitrogen and oxygen atoms in total. The van der Waals surface area contributed by atoms with Gasteiger partial charge < -0.3 is 46.3 Å². The number of rotatable bonds is 27. The Labute approximate surface area is 481 Å². The highest BCUT2D eigenvalue weighted by Gasteiger charge is 2.47. The smallest absolute Gasteiger partial charge is 0.343 e. The van der Waals surface area contributed by atoms with Crippen molar-refractivity contribution in [2.24, 2.45) is 11.3 Å². The van der Waals surface area contributed by atoms with Gasteiger partial charge in [-0.2, -0.15) is 0 Å². The molecular weight excluding hydrogens is 1070 g/mol. The Hall–Kier alpha value is -7.88. The first-order valence-electron chi connectivity index (χ1n) is 29.0. The fraction of sp³-hybridized carbons (Fsp3) is 0.525. The summed E-state index contributed by atoms with van der Waals surface area (Å²) in [5.41, 5.74) is 2.42. The number of esters is 1. The number of fused-ring (bicyclic) bond motifs is 5. The van der Waals surface area contributed by atoms with E-state index in [1.54, 1.807) is 19.9 Å². The van der Waals surface area contributed by atoms with Gasteiger partial charge in [0.1, 0.15) is 18.5 Å². The molecular formula is C61H76FN9O12. The number of unbranched alkanes of at least 4 members (excludes halogenated alkanes) is 4. The molecule has 0 bridgehead atoms. The lowest BCUT2D eigenvalue weighted by molar-refractivity contribution is -0.172. The predicted octanol–water partition coefficient (Wildman–Crippen LogP) is 4.15. The summed E-state index contributed by atoms with van der Waals surface area (Å²) >= 11 is 0. The quantitative estimate of drug-likeness (QED) is 0.0221. The second-order valence-electron chi connectivity index (χ2n) is 22.8. The molecule has 2 aromatic heterocycles. The van der Waals surface area contributed by atoms with Crippen LogP contribution in [0.4, 0.5) is 4.39 Å². The lowest BCUT2D eigenvalue weighted by Crippen LogP contribution is -2.51. The molecule has 0 spiro atoms. The zero-order valence-electron chi connectivity index (χ0n) is 48.0. The number of imide groups is 1. The minimum atomic E-state index is -2.02. The van der Waals surface area contributed by atoms with E-state index in [2.05, 4.69) is 31.9 Å². The monoisotopic (exact) mass is 1150 g/mol. The number of pyridine rings is 2. The molecule has 5 heterocycles. The molecule has 1 fully saturated rings. The Morgan fingerprint density at radius 2 is 1.52 bits per heavy atom. The van der Waals surface area contributed by atoms with Gasteiger partial charge in [-0.05, 0) is 98.4 Å². The lowest BCUT2D eigenvalue weighted by atomic mass is 9.76. The van der Waals surface area contributed by atoms with Gasteiger partial charge in [0.25, 0.3) is 5.56 Å². The van der Waals surface area contributed by atoms with Crippen LogP contribution in [-0.4, -0.2) is 112 Å². The van der Waals surface area contributed by atoms with Crippen molar-refractivity contribution in [3.63, 3.8) is 0 Å². The van der Waals surface area contributed by atoms with Crippen LogP contribution >= 0.6 is 0 Å². The molecule has 444 valence electrons. The van der Waals surface area contributed by atoms with E-state index in [0.29, 0.717) is 92.4 Å². The molecule has 1 unspecified atom stereocenters. The number of carbonyl (C=O) groups excluding carboxylic acids is 9. The van der Waals surface area contributed by atoms with Crippen molar-refractivity contribution < 1.29 is 57.4 Å². The number of halogens is 1. The Morgan fingerprint density at radius 1 is 0.831 bits per heavy atom. The van der Waals surface area contributed by atoms with Gasteiger partial charge in [-0.25, -0.2) is 14.2 Å². The SMILES string of the molecule is CCC(C)(C)C1CC(=O)N(CCCCCC(=O)NCC(=O)NCC(=O)N[C@@H](CCc2ccccc2)C(=O)NCC(=O)NCCCCCC(=O)N[C@H]2CCc3c(C)c(F)cc4nc5c(c2c34)Cn2c-5cc3c(c2=O)COC(=O)[C@]3(O)CC)C1=O. The number of cyclic esters (lactones) is 1. The van der Waals surface area contributed by atoms with Gasteiger partial charge in [-0.1, -0.05) is 77.3 Å². The number of likely N-dealkylation sites (tertiary alicyclic amines) is 1. The van der Waals surface area contributed by atoms with E-state index < -0.39 is 65.2 Å². The molecule has 0 radical (unpaired) electrons. The maximum Gasteiger partial charge on any atom is 0.343 e. The third-order valence-electron chi connectivity index (χ3n) is 17.0. The summed E-state index contributed by atoms with van der Waals surface area (Å²) in [6.45, 7) is 8.50. The number of nitrogens with zero attached hydrogens (tertiary/aromatic N) is 3. The number of aliphatic hydroxyl groups is 1. The van der Waals surface area contributed by atoms with E-state index in [1.807, 2.05) is 51.1 Å². The molecule has 22 heteroatoms. The Balaban J connectivity index is 0.755. The van der Waals surface area contributed by atoms with E-state index in [4.69, 9.17) is 9.72 Å². The maximum absolute atomic E-state index is 15.4. The number of nitrogens with one attached hydrogen (secondary N) is 6. The summed E-state index contributed by atoms with van der Waals surface area (Å²) in [5.74, 6) is -4.83. The topological polar surface area (TPSA) is 293 Å². The normalized spacial score (nSPS) is 18.2. The summed E-state index contributed by atoms with van der Waals surface area (Å²) in [5, 5.41) is 28.3. The van der Waals surface area contributed by atoms with Crippen molar-refractivity contribution in [1.82, 2.24) is 46.4 Å². The Bertz CT molecular complexity index is 3270. The van der Waals surface area contributed by atoms with Crippen LogP contribution in [0.3, 0.4) is 0 Å². The van der Waals surface area contributed by atoms with Gasteiger partial charge in [0, 0.05) is 54.9 Å². The average Bonchev–Trinajstić information content (AvgIpc) is 2.55. The van der Waals surface area contributed by atoms with Crippen LogP contribution in [0.15, 0.2) is 47.3 Å². The van der Waals surface area contributed by atoms with E-state index >= 15 is 4.39 Å². The number of hydrogen-bond acceptors (Lipinski definition) is 13. The molecule has 4 aromatic rings. The second kappa shape index (κ2) is 26.6. The zero-order valence-corrected chi connectivity index (χ0v) is 48.0. The van der Waals surface area contributed by atoms with Gasteiger partial charge in [0.15, 0.2) is 5.60 Å². The van der Waals surface area contributed by atoms with Crippen LogP contribution in [0.25, 0.3) is 22.3 Å². The van der Waals surface area contributed by atoms with Crippen LogP contribution in [0.2, 0.25) is 0 Å². The molecule has 0 saturated carbocycles. The highest BCUT2D eigenvalue weighted by Crippen LogP contribution is 2.46. The largest absolute Gasteiger partial charge is 0.458 e. The third-order valence-corrected chi connectivity index (χ3v) is 17.0. The molecule has 1 aliphatic carbocycles. The number of benzene rings is 2. The van der Waals surface area contributed by atoms with E-state index in [9.17, 15) is 53.1 Å². The molecule has 8 rings (SSSR count). The minimum Gasteiger partial charge on any atom is -0.458 e. The average molecular weight is 1150 g/mol. The fourth-order valence-corrected chi connectivity index (χ4v) is 11.6. The number of aromatic nitrogens is 2. The lowest BCUT2D eigenvalue weighted by Gasteiger charge is -2.31. The Kier molecular flexibility index (Phi) is 19.6. The van der Waals surface area contributed by atoms with Crippen molar-refractivity contribution in [3.8, 4) is 11.4 Å². The maximum atomic E-state index is 15.4. The second-order valence-corrected chi connectivity index (χ2v) is 22.8. The summed E-state index contributed by atoms with van der Waals surface area (Å²) in [6.07, 6.45) is 6.10. The number of aryl methyl sites for hydroxylation is 2. The first-order valence-corrected chi connectivity index (χ1v) is 29.0. The molecule has 8 amide bonds. The molecule has 83 heavy (non-hydrogen) atoms. The van der Waals surface area contributed by atoms with Crippen LogP contribution in [0, 0.1) is 24.1 Å². The summed E-state index contributed by atoms with van der Waals surface area (Å²) < 4.78 is 22.2. The summed E-state index contributed by atoms with van der Waals surface area (Å²) in [4.78, 5) is 136. The molecule has 2 aromatic carbocycles. The van der Waals surface area contributed by atoms with Crippen molar-refractivity contribution in [3.05, 3.63) is 97.6 Å². The third kappa shape index (κ3) is 13.8. The summed E-state index contributed by atoms with van der Waals surface area (Å²) in [7, 11) is 0. The first kappa shape index (κ1) is 61.2. The van der Waals surface area contributed by atoms with Gasteiger partial charge in [0.05, 0.1) is 60.6 Å². The molecule has 4 aliphatic rings. The molecule has 4 atom stereocenters. The van der Waals surface area contributed by atoms with Crippen LogP contribution in [0.5, 0.6) is 0 Å². The van der Waals surface area contributed by atoms with Crippen molar-refractivity contribution in [1.29, 1.82) is 0 Å². The number of ether oxygens (including phenoxy) is 1. The van der Waals surface area contributed by atoms with Crippen molar-refractivity contribution in [2.75, 3.05) is 32.7 Å². The van der Waals surface area contributed by atoms with E-state index in [-0.39, 0.29) is 111 Å². The van der Waals surface area contributed by atoms with Crippen molar-refractivity contribution >= 4 is 64.1 Å². The number of amides is 8. The van der Waals surface area contributed by atoms with Crippen molar-refractivity contribution in [2.45, 2.75) is 162 Å².